The van der Waals surface area contributed by atoms with Gasteiger partial charge < -0.3 is 9.53 Å². The third-order valence-electron chi connectivity index (χ3n) is 5.31. The summed E-state index contributed by atoms with van der Waals surface area (Å²) in [6.45, 7) is 11.5. The summed E-state index contributed by atoms with van der Waals surface area (Å²) in [4.78, 5) is 10.7. The van der Waals surface area contributed by atoms with Gasteiger partial charge in [-0.2, -0.15) is 0 Å². The molecule has 0 aliphatic carbocycles. The van der Waals surface area contributed by atoms with Crippen LogP contribution in [0.5, 0.6) is 0 Å². The lowest BCUT2D eigenvalue weighted by Crippen LogP contribution is -2.11. The molecule has 1 rings (SSSR count). The normalized spacial score (nSPS) is 26.9. The molecule has 1 saturated heterocycles. The number of carbonyl (C=O) groups excluding carboxylic acids is 1. The fraction of sp³-hybridized carbons (Fsp3) is 0.950. The standard InChI is InChI=1S/C20H38O2/c1-16(2)9-6-10-17(3)11-7-12-18(4)13-8-14-20(5)19(15-21)22-20/h15-19H,6-14H2,1-5H3/t17?,18?,19-,20-/m1/s1. The average Bonchev–Trinajstić information content (AvgIpc) is 3.09. The van der Waals surface area contributed by atoms with E-state index in [2.05, 4.69) is 34.6 Å². The molecule has 0 aromatic carbocycles. The zero-order valence-electron chi connectivity index (χ0n) is 15.6. The third-order valence-corrected chi connectivity index (χ3v) is 5.31. The van der Waals surface area contributed by atoms with E-state index in [-0.39, 0.29) is 11.7 Å². The largest absolute Gasteiger partial charge is 0.358 e. The van der Waals surface area contributed by atoms with E-state index < -0.39 is 0 Å². The van der Waals surface area contributed by atoms with E-state index in [4.69, 9.17) is 4.74 Å². The molecule has 0 radical (unpaired) electrons. The Kier molecular flexibility index (Phi) is 8.67. The Morgan fingerprint density at radius 1 is 0.909 bits per heavy atom. The summed E-state index contributed by atoms with van der Waals surface area (Å²) < 4.78 is 5.43. The van der Waals surface area contributed by atoms with Crippen molar-refractivity contribution in [3.63, 3.8) is 0 Å². The van der Waals surface area contributed by atoms with Crippen LogP contribution in [0.4, 0.5) is 0 Å². The topological polar surface area (TPSA) is 29.6 Å². The van der Waals surface area contributed by atoms with Crippen molar-refractivity contribution in [2.45, 2.75) is 104 Å². The number of epoxide rings is 1. The van der Waals surface area contributed by atoms with E-state index in [1.54, 1.807) is 0 Å². The number of hydrogen-bond donors (Lipinski definition) is 0. The minimum atomic E-state index is -0.133. The molecular formula is C20H38O2. The van der Waals surface area contributed by atoms with Crippen LogP contribution in [-0.4, -0.2) is 18.0 Å². The van der Waals surface area contributed by atoms with Crippen LogP contribution < -0.4 is 0 Å². The molecule has 0 spiro atoms. The molecule has 0 bridgehead atoms. The lowest BCUT2D eigenvalue weighted by Gasteiger charge is -2.15. The van der Waals surface area contributed by atoms with Crippen molar-refractivity contribution < 1.29 is 9.53 Å². The van der Waals surface area contributed by atoms with Gasteiger partial charge in [0.05, 0.1) is 5.60 Å². The first kappa shape index (κ1) is 19.7. The first-order valence-corrected chi connectivity index (χ1v) is 9.50. The molecule has 1 fully saturated rings. The molecule has 130 valence electrons. The van der Waals surface area contributed by atoms with Gasteiger partial charge in [-0.15, -0.1) is 0 Å². The molecule has 0 saturated carbocycles. The van der Waals surface area contributed by atoms with Crippen molar-refractivity contribution in [1.82, 2.24) is 0 Å². The van der Waals surface area contributed by atoms with Crippen LogP contribution in [-0.2, 0) is 9.53 Å². The highest BCUT2D eigenvalue weighted by atomic mass is 16.6. The van der Waals surface area contributed by atoms with Crippen molar-refractivity contribution in [3.8, 4) is 0 Å². The molecule has 1 heterocycles. The summed E-state index contributed by atoms with van der Waals surface area (Å²) in [7, 11) is 0. The molecule has 0 aromatic rings. The lowest BCUT2D eigenvalue weighted by atomic mass is 9.91. The van der Waals surface area contributed by atoms with E-state index in [0.29, 0.717) is 0 Å². The predicted molar refractivity (Wildman–Crippen MR) is 94.1 cm³/mol. The molecule has 1 aliphatic rings. The van der Waals surface area contributed by atoms with E-state index in [1.807, 2.05) is 0 Å². The SMILES string of the molecule is CC(C)CCCC(C)CCCC(C)CCC[C@@]1(C)O[C@@H]1C=O. The second-order valence-corrected chi connectivity index (χ2v) is 8.35. The number of rotatable bonds is 13. The number of ether oxygens (including phenoxy) is 1. The smallest absolute Gasteiger partial charge is 0.151 e. The second-order valence-electron chi connectivity index (χ2n) is 8.35. The Morgan fingerprint density at radius 3 is 1.86 bits per heavy atom. The van der Waals surface area contributed by atoms with Gasteiger partial charge in [0.15, 0.2) is 6.29 Å². The highest BCUT2D eigenvalue weighted by molar-refractivity contribution is 5.62. The summed E-state index contributed by atoms with van der Waals surface area (Å²) in [5.74, 6) is 2.54. The van der Waals surface area contributed by atoms with Crippen molar-refractivity contribution in [3.05, 3.63) is 0 Å². The monoisotopic (exact) mass is 310 g/mol. The first-order chi connectivity index (χ1) is 10.4. The molecular weight excluding hydrogens is 272 g/mol. The molecule has 0 N–H and O–H groups in total. The van der Waals surface area contributed by atoms with E-state index in [1.165, 1.54) is 51.4 Å². The third kappa shape index (κ3) is 7.76. The van der Waals surface area contributed by atoms with Crippen LogP contribution in [0.25, 0.3) is 0 Å². The van der Waals surface area contributed by atoms with E-state index >= 15 is 0 Å². The van der Waals surface area contributed by atoms with Crippen molar-refractivity contribution in [2.24, 2.45) is 17.8 Å². The lowest BCUT2D eigenvalue weighted by molar-refractivity contribution is -0.108. The van der Waals surface area contributed by atoms with Gasteiger partial charge in [-0.1, -0.05) is 79.1 Å². The van der Waals surface area contributed by atoms with Gasteiger partial charge in [-0.05, 0) is 31.1 Å². The minimum Gasteiger partial charge on any atom is -0.358 e. The van der Waals surface area contributed by atoms with Gasteiger partial charge in [0, 0.05) is 0 Å². The summed E-state index contributed by atoms with van der Waals surface area (Å²) in [5.41, 5.74) is -0.133. The van der Waals surface area contributed by atoms with Crippen molar-refractivity contribution >= 4 is 6.29 Å². The number of hydrogen-bond acceptors (Lipinski definition) is 2. The predicted octanol–water partition coefficient (Wildman–Crippen LogP) is 5.78. The maximum Gasteiger partial charge on any atom is 0.151 e. The maximum absolute atomic E-state index is 10.7. The van der Waals surface area contributed by atoms with Crippen LogP contribution in [0.15, 0.2) is 0 Å². The fourth-order valence-corrected chi connectivity index (χ4v) is 3.41. The molecule has 0 aromatic heterocycles. The van der Waals surface area contributed by atoms with Gasteiger partial charge in [0.1, 0.15) is 6.10 Å². The first-order valence-electron chi connectivity index (χ1n) is 9.50. The van der Waals surface area contributed by atoms with Crippen LogP contribution in [0, 0.1) is 17.8 Å². The number of carbonyl (C=O) groups is 1. The van der Waals surface area contributed by atoms with Gasteiger partial charge in [0.2, 0.25) is 0 Å². The van der Waals surface area contributed by atoms with Gasteiger partial charge in [-0.3, -0.25) is 0 Å². The van der Waals surface area contributed by atoms with Crippen molar-refractivity contribution in [1.29, 1.82) is 0 Å². The number of aldehydes is 1. The molecule has 2 unspecified atom stereocenters. The fourth-order valence-electron chi connectivity index (χ4n) is 3.41. The molecule has 1 aliphatic heterocycles. The van der Waals surface area contributed by atoms with E-state index in [0.717, 1.165) is 30.5 Å². The molecule has 22 heavy (non-hydrogen) atoms. The summed E-state index contributed by atoms with van der Waals surface area (Å²) >= 11 is 0. The average molecular weight is 311 g/mol. The summed E-state index contributed by atoms with van der Waals surface area (Å²) in [5, 5.41) is 0. The van der Waals surface area contributed by atoms with Crippen LogP contribution in [0.1, 0.15) is 92.4 Å². The molecule has 2 nitrogen and oxygen atoms in total. The summed E-state index contributed by atoms with van der Waals surface area (Å²) in [6.07, 6.45) is 12.6. The Balaban J connectivity index is 1.97. The quantitative estimate of drug-likeness (QED) is 0.319. The maximum atomic E-state index is 10.7. The Bertz CT molecular complexity index is 313. The Hall–Kier alpha value is -0.370. The Labute approximate surface area is 138 Å². The van der Waals surface area contributed by atoms with Gasteiger partial charge in [0.25, 0.3) is 0 Å². The van der Waals surface area contributed by atoms with Gasteiger partial charge >= 0.3 is 0 Å². The second kappa shape index (κ2) is 9.70. The zero-order valence-corrected chi connectivity index (χ0v) is 15.6. The highest BCUT2D eigenvalue weighted by Crippen LogP contribution is 2.39. The van der Waals surface area contributed by atoms with Crippen LogP contribution in [0.2, 0.25) is 0 Å². The van der Waals surface area contributed by atoms with Crippen LogP contribution >= 0.6 is 0 Å². The zero-order chi connectivity index (χ0) is 16.6. The highest BCUT2D eigenvalue weighted by Gasteiger charge is 2.51. The van der Waals surface area contributed by atoms with E-state index in [9.17, 15) is 4.79 Å². The van der Waals surface area contributed by atoms with Crippen LogP contribution in [0.3, 0.4) is 0 Å². The minimum absolute atomic E-state index is 0.130. The van der Waals surface area contributed by atoms with Crippen molar-refractivity contribution in [2.75, 3.05) is 0 Å². The van der Waals surface area contributed by atoms with Gasteiger partial charge in [-0.25, -0.2) is 0 Å². The molecule has 2 heteroatoms. The summed E-state index contributed by atoms with van der Waals surface area (Å²) in [6, 6.07) is 0. The molecule has 4 atom stereocenters. The molecule has 0 amide bonds. The Morgan fingerprint density at radius 2 is 1.41 bits per heavy atom.